The van der Waals surface area contributed by atoms with Crippen molar-refractivity contribution in [3.8, 4) is 0 Å². The Morgan fingerprint density at radius 3 is 2.81 bits per heavy atom. The fourth-order valence-corrected chi connectivity index (χ4v) is 1.63. The summed E-state index contributed by atoms with van der Waals surface area (Å²) in [6, 6.07) is -0.361. The minimum absolute atomic E-state index is 0.253. The monoisotopic (exact) mass is 337 g/mol. The van der Waals surface area contributed by atoms with E-state index >= 15 is 0 Å². The summed E-state index contributed by atoms with van der Waals surface area (Å²) in [7, 11) is 0. The standard InChI is InChI=1S/C10H16IN3O2/c1-10(2,3)16-9(15)8(14-11)4-7-5-12-6-13-7/h5-6,8,14H,4H2,1-3H3,(H,12,13)/t8-/m0/s1. The van der Waals surface area contributed by atoms with Gasteiger partial charge in [0.2, 0.25) is 0 Å². The lowest BCUT2D eigenvalue weighted by molar-refractivity contribution is -0.156. The largest absolute Gasteiger partial charge is 0.459 e. The van der Waals surface area contributed by atoms with Crippen molar-refractivity contribution in [1.82, 2.24) is 13.5 Å². The number of ether oxygens (including phenoxy) is 1. The van der Waals surface area contributed by atoms with Gasteiger partial charge in [-0.15, -0.1) is 0 Å². The van der Waals surface area contributed by atoms with E-state index in [-0.39, 0.29) is 12.0 Å². The van der Waals surface area contributed by atoms with Gasteiger partial charge in [0.05, 0.1) is 6.33 Å². The second kappa shape index (κ2) is 5.62. The van der Waals surface area contributed by atoms with Gasteiger partial charge in [-0.3, -0.25) is 4.79 Å². The third-order valence-corrected chi connectivity index (χ3v) is 2.55. The summed E-state index contributed by atoms with van der Waals surface area (Å²) in [5, 5.41) is 0. The number of aromatic nitrogens is 2. The van der Waals surface area contributed by atoms with Crippen molar-refractivity contribution in [3.63, 3.8) is 0 Å². The minimum atomic E-state index is -0.461. The third kappa shape index (κ3) is 4.48. The van der Waals surface area contributed by atoms with Crippen LogP contribution in [0, 0.1) is 0 Å². The Morgan fingerprint density at radius 2 is 2.38 bits per heavy atom. The number of carbonyl (C=O) groups excluding carboxylic acids is 1. The van der Waals surface area contributed by atoms with Crippen LogP contribution in [0.2, 0.25) is 0 Å². The smallest absolute Gasteiger partial charge is 0.324 e. The number of hydrogen-bond donors (Lipinski definition) is 2. The lowest BCUT2D eigenvalue weighted by Gasteiger charge is -2.23. The van der Waals surface area contributed by atoms with Crippen molar-refractivity contribution in [3.05, 3.63) is 18.2 Å². The van der Waals surface area contributed by atoms with Crippen LogP contribution in [0.4, 0.5) is 0 Å². The van der Waals surface area contributed by atoms with Crippen LogP contribution in [0.5, 0.6) is 0 Å². The van der Waals surface area contributed by atoms with Gasteiger partial charge in [0.25, 0.3) is 0 Å². The summed E-state index contributed by atoms with van der Waals surface area (Å²) in [6.45, 7) is 5.56. The van der Waals surface area contributed by atoms with E-state index in [0.717, 1.165) is 5.69 Å². The van der Waals surface area contributed by atoms with Crippen LogP contribution in [0.15, 0.2) is 12.5 Å². The Kier molecular flexibility index (Phi) is 4.72. The number of carbonyl (C=O) groups is 1. The Balaban J connectivity index is 2.57. The van der Waals surface area contributed by atoms with Crippen LogP contribution >= 0.6 is 22.9 Å². The van der Waals surface area contributed by atoms with Crippen LogP contribution < -0.4 is 3.53 Å². The molecule has 0 aliphatic rings. The first-order chi connectivity index (χ1) is 7.42. The number of H-pyrrole nitrogens is 1. The van der Waals surface area contributed by atoms with Crippen LogP contribution in [-0.2, 0) is 16.0 Å². The Bertz CT molecular complexity index is 332. The zero-order valence-corrected chi connectivity index (χ0v) is 11.7. The molecule has 1 heterocycles. The molecule has 2 N–H and O–H groups in total. The number of halogens is 1. The molecule has 0 spiro atoms. The number of hydrogen-bond acceptors (Lipinski definition) is 4. The van der Waals surface area contributed by atoms with Crippen molar-refractivity contribution in [1.29, 1.82) is 0 Å². The molecule has 1 aromatic heterocycles. The first-order valence-corrected chi connectivity index (χ1v) is 6.06. The molecule has 0 saturated carbocycles. The molecule has 6 heteroatoms. The molecule has 1 atom stereocenters. The fraction of sp³-hybridized carbons (Fsp3) is 0.600. The van der Waals surface area contributed by atoms with Crippen LogP contribution in [0.3, 0.4) is 0 Å². The van der Waals surface area contributed by atoms with E-state index in [9.17, 15) is 4.79 Å². The van der Waals surface area contributed by atoms with Crippen molar-refractivity contribution in [2.24, 2.45) is 0 Å². The number of aromatic amines is 1. The van der Waals surface area contributed by atoms with Crippen molar-refractivity contribution in [2.45, 2.75) is 38.8 Å². The van der Waals surface area contributed by atoms with Gasteiger partial charge in [-0.1, -0.05) is 0 Å². The highest BCUT2D eigenvalue weighted by molar-refractivity contribution is 14.1. The molecule has 0 bridgehead atoms. The highest BCUT2D eigenvalue weighted by Crippen LogP contribution is 2.11. The molecule has 0 amide bonds. The Morgan fingerprint density at radius 1 is 1.69 bits per heavy atom. The average molecular weight is 337 g/mol. The number of rotatable bonds is 4. The molecule has 16 heavy (non-hydrogen) atoms. The summed E-state index contributed by atoms with van der Waals surface area (Å²) < 4.78 is 8.21. The van der Waals surface area contributed by atoms with Gasteiger partial charge in [0.15, 0.2) is 0 Å². The first-order valence-electron chi connectivity index (χ1n) is 4.98. The Hall–Kier alpha value is -0.630. The second-order valence-corrected chi connectivity index (χ2v) is 5.10. The van der Waals surface area contributed by atoms with E-state index in [2.05, 4.69) is 13.5 Å². The van der Waals surface area contributed by atoms with Gasteiger partial charge < -0.3 is 9.72 Å². The van der Waals surface area contributed by atoms with E-state index in [1.54, 1.807) is 12.5 Å². The molecular weight excluding hydrogens is 321 g/mol. The van der Waals surface area contributed by atoms with Crippen molar-refractivity contribution in [2.75, 3.05) is 0 Å². The molecule has 0 radical (unpaired) electrons. The number of imidazole rings is 1. The van der Waals surface area contributed by atoms with E-state index in [1.165, 1.54) is 0 Å². The van der Waals surface area contributed by atoms with Gasteiger partial charge in [0, 0.05) is 41.2 Å². The topological polar surface area (TPSA) is 67.0 Å². The zero-order chi connectivity index (χ0) is 12.2. The molecule has 0 fully saturated rings. The van der Waals surface area contributed by atoms with Gasteiger partial charge in [-0.05, 0) is 20.8 Å². The minimum Gasteiger partial charge on any atom is -0.459 e. The average Bonchev–Trinajstić information content (AvgIpc) is 2.63. The molecule has 0 unspecified atom stereocenters. The van der Waals surface area contributed by atoms with Gasteiger partial charge in [0.1, 0.15) is 11.6 Å². The summed E-state index contributed by atoms with van der Waals surface area (Å²) in [6.07, 6.45) is 3.83. The molecule has 0 aliphatic carbocycles. The van der Waals surface area contributed by atoms with Crippen LogP contribution in [-0.4, -0.2) is 27.6 Å². The Labute approximate surface area is 109 Å². The highest BCUT2D eigenvalue weighted by atomic mass is 127. The molecule has 1 aromatic rings. The van der Waals surface area contributed by atoms with Gasteiger partial charge in [-0.25, -0.2) is 8.51 Å². The maximum atomic E-state index is 11.8. The SMILES string of the molecule is CC(C)(C)OC(=O)[C@H](Cc1cnc[nH]1)NI. The molecule has 90 valence electrons. The predicted octanol–water partition coefficient (Wildman–Crippen LogP) is 1.60. The van der Waals surface area contributed by atoms with E-state index in [4.69, 9.17) is 4.74 Å². The summed E-state index contributed by atoms with van der Waals surface area (Å²) in [4.78, 5) is 18.7. The summed E-state index contributed by atoms with van der Waals surface area (Å²) >= 11 is 1.96. The normalized spacial score (nSPS) is 13.5. The number of nitrogens with one attached hydrogen (secondary N) is 2. The molecular formula is C10H16IN3O2. The van der Waals surface area contributed by atoms with E-state index < -0.39 is 5.60 Å². The third-order valence-electron chi connectivity index (χ3n) is 1.80. The molecule has 0 aliphatic heterocycles. The fourth-order valence-electron chi connectivity index (χ4n) is 1.16. The lowest BCUT2D eigenvalue weighted by atomic mass is 10.1. The molecule has 5 nitrogen and oxygen atoms in total. The van der Waals surface area contributed by atoms with Crippen LogP contribution in [0.25, 0.3) is 0 Å². The molecule has 0 aromatic carbocycles. The van der Waals surface area contributed by atoms with Gasteiger partial charge >= 0.3 is 5.97 Å². The van der Waals surface area contributed by atoms with Gasteiger partial charge in [-0.2, -0.15) is 0 Å². The van der Waals surface area contributed by atoms with Crippen LogP contribution in [0.1, 0.15) is 26.5 Å². The maximum Gasteiger partial charge on any atom is 0.324 e. The zero-order valence-electron chi connectivity index (χ0n) is 9.58. The number of nitrogens with zero attached hydrogens (tertiary/aromatic N) is 1. The second-order valence-electron chi connectivity index (χ2n) is 4.48. The van der Waals surface area contributed by atoms with Crippen molar-refractivity contribution >= 4 is 28.8 Å². The molecule has 1 rings (SSSR count). The predicted molar refractivity (Wildman–Crippen MR) is 69.1 cm³/mol. The first kappa shape index (κ1) is 13.4. The number of esters is 1. The quantitative estimate of drug-likeness (QED) is 0.498. The highest BCUT2D eigenvalue weighted by Gasteiger charge is 2.24. The summed E-state index contributed by atoms with van der Waals surface area (Å²) in [5.41, 5.74) is 0.441. The molecule has 0 saturated heterocycles. The van der Waals surface area contributed by atoms with Crippen molar-refractivity contribution < 1.29 is 9.53 Å². The van der Waals surface area contributed by atoms with E-state index in [1.807, 2.05) is 43.6 Å². The lowest BCUT2D eigenvalue weighted by Crippen LogP contribution is -2.38. The maximum absolute atomic E-state index is 11.8. The summed E-state index contributed by atoms with van der Waals surface area (Å²) in [5.74, 6) is -0.253. The van der Waals surface area contributed by atoms with E-state index in [0.29, 0.717) is 6.42 Å².